The summed E-state index contributed by atoms with van der Waals surface area (Å²) in [5.41, 5.74) is 5.29. The van der Waals surface area contributed by atoms with E-state index in [1.54, 1.807) is 12.1 Å². The monoisotopic (exact) mass is 236 g/mol. The summed E-state index contributed by atoms with van der Waals surface area (Å²) in [6.07, 6.45) is -0.0934. The van der Waals surface area contributed by atoms with E-state index in [9.17, 15) is 9.59 Å². The van der Waals surface area contributed by atoms with Crippen molar-refractivity contribution >= 4 is 17.9 Å². The molecular formula is C11H12N2O4. The third-order valence-electron chi connectivity index (χ3n) is 1.63. The van der Waals surface area contributed by atoms with E-state index in [4.69, 9.17) is 10.5 Å². The second-order valence-electron chi connectivity index (χ2n) is 2.96. The number of primary amides is 1. The summed E-state index contributed by atoms with van der Waals surface area (Å²) in [7, 11) is 0. The average molecular weight is 236 g/mol. The van der Waals surface area contributed by atoms with Crippen molar-refractivity contribution in [1.29, 1.82) is 0 Å². The molecule has 0 aliphatic carbocycles. The topological polar surface area (TPSA) is 90.7 Å². The molecule has 0 saturated carbocycles. The minimum absolute atomic E-state index is 0.114. The Morgan fingerprint density at radius 2 is 2.24 bits per heavy atom. The zero-order chi connectivity index (χ0) is 12.7. The molecule has 0 aromatic heterocycles. The van der Waals surface area contributed by atoms with Crippen LogP contribution in [0.25, 0.3) is 0 Å². The molecule has 0 radical (unpaired) electrons. The summed E-state index contributed by atoms with van der Waals surface area (Å²) in [6, 6.07) is 6.19. The fourth-order valence-electron chi connectivity index (χ4n) is 1.04. The summed E-state index contributed by atoms with van der Waals surface area (Å²) in [5.74, 6) is 0.235. The van der Waals surface area contributed by atoms with Gasteiger partial charge in [-0.05, 0) is 12.1 Å². The van der Waals surface area contributed by atoms with Crippen molar-refractivity contribution in [2.24, 2.45) is 5.73 Å². The normalized spacial score (nSPS) is 9.18. The second-order valence-corrected chi connectivity index (χ2v) is 2.96. The van der Waals surface area contributed by atoms with Gasteiger partial charge in [0.25, 0.3) is 0 Å². The zero-order valence-corrected chi connectivity index (χ0v) is 9.01. The molecule has 0 spiro atoms. The quantitative estimate of drug-likeness (QED) is 0.781. The molecule has 3 N–H and O–H groups in total. The fraction of sp³-hybridized carbons (Fsp3) is 0.0909. The van der Waals surface area contributed by atoms with E-state index in [2.05, 4.69) is 16.6 Å². The Balaban J connectivity index is 2.61. The minimum atomic E-state index is -0.920. The number of carbonyl (C=O) groups is 2. The molecular weight excluding hydrogens is 224 g/mol. The van der Waals surface area contributed by atoms with Crippen molar-refractivity contribution < 1.29 is 19.1 Å². The SMILES string of the molecule is C=CCOC(=O)Nc1cccc(OC(N)=O)c1. The lowest BCUT2D eigenvalue weighted by Crippen LogP contribution is -2.17. The lowest BCUT2D eigenvalue weighted by molar-refractivity contribution is 0.174. The van der Waals surface area contributed by atoms with Gasteiger partial charge < -0.3 is 15.2 Å². The van der Waals surface area contributed by atoms with Crippen LogP contribution in [0.5, 0.6) is 5.75 Å². The first kappa shape index (κ1) is 12.6. The number of hydrogen-bond acceptors (Lipinski definition) is 4. The first-order valence-corrected chi connectivity index (χ1v) is 4.74. The molecule has 0 aliphatic heterocycles. The predicted molar refractivity (Wildman–Crippen MR) is 61.8 cm³/mol. The number of amides is 2. The van der Waals surface area contributed by atoms with E-state index in [0.29, 0.717) is 5.69 Å². The van der Waals surface area contributed by atoms with Crippen LogP contribution in [0, 0.1) is 0 Å². The number of nitrogens with two attached hydrogens (primary N) is 1. The Morgan fingerprint density at radius 3 is 2.88 bits per heavy atom. The molecule has 0 aliphatic rings. The standard InChI is InChI=1S/C11H12N2O4/c1-2-6-16-11(15)13-8-4-3-5-9(7-8)17-10(12)14/h2-5,7H,1,6H2,(H2,12,14)(H,13,15). The molecule has 6 heteroatoms. The highest BCUT2D eigenvalue weighted by Gasteiger charge is 2.04. The molecule has 17 heavy (non-hydrogen) atoms. The van der Waals surface area contributed by atoms with Crippen LogP contribution in [0.2, 0.25) is 0 Å². The summed E-state index contributed by atoms with van der Waals surface area (Å²) >= 11 is 0. The van der Waals surface area contributed by atoms with Crippen LogP contribution in [0.3, 0.4) is 0 Å². The van der Waals surface area contributed by atoms with E-state index < -0.39 is 12.2 Å². The van der Waals surface area contributed by atoms with Gasteiger partial charge in [0.1, 0.15) is 12.4 Å². The first-order valence-electron chi connectivity index (χ1n) is 4.74. The molecule has 6 nitrogen and oxygen atoms in total. The Kier molecular flexibility index (Phi) is 4.56. The highest BCUT2D eigenvalue weighted by atomic mass is 16.6. The zero-order valence-electron chi connectivity index (χ0n) is 9.01. The van der Waals surface area contributed by atoms with Crippen molar-refractivity contribution in [1.82, 2.24) is 0 Å². The maximum Gasteiger partial charge on any atom is 0.411 e. The Bertz CT molecular complexity index is 431. The molecule has 0 heterocycles. The maximum absolute atomic E-state index is 11.2. The van der Waals surface area contributed by atoms with Crippen LogP contribution in [0.4, 0.5) is 15.3 Å². The van der Waals surface area contributed by atoms with Gasteiger partial charge >= 0.3 is 12.2 Å². The number of carbonyl (C=O) groups excluding carboxylic acids is 2. The van der Waals surface area contributed by atoms with Gasteiger partial charge in [-0.15, -0.1) is 0 Å². The highest BCUT2D eigenvalue weighted by Crippen LogP contribution is 2.17. The van der Waals surface area contributed by atoms with Gasteiger partial charge in [-0.1, -0.05) is 18.7 Å². The van der Waals surface area contributed by atoms with E-state index in [-0.39, 0.29) is 12.4 Å². The van der Waals surface area contributed by atoms with Gasteiger partial charge in [0.2, 0.25) is 0 Å². The smallest absolute Gasteiger partial charge is 0.411 e. The Morgan fingerprint density at radius 1 is 1.47 bits per heavy atom. The predicted octanol–water partition coefficient (Wildman–Crippen LogP) is 1.88. The number of ether oxygens (including phenoxy) is 2. The number of hydrogen-bond donors (Lipinski definition) is 2. The molecule has 0 bridgehead atoms. The Labute approximate surface area is 98.0 Å². The summed E-state index contributed by atoms with van der Waals surface area (Å²) < 4.78 is 9.36. The molecule has 0 atom stereocenters. The number of anilines is 1. The molecule has 2 amide bonds. The fourth-order valence-corrected chi connectivity index (χ4v) is 1.04. The van der Waals surface area contributed by atoms with Gasteiger partial charge in [-0.25, -0.2) is 9.59 Å². The molecule has 1 aromatic carbocycles. The van der Waals surface area contributed by atoms with E-state index in [1.165, 1.54) is 18.2 Å². The molecule has 0 fully saturated rings. The molecule has 1 aromatic rings. The van der Waals surface area contributed by atoms with Crippen LogP contribution < -0.4 is 15.8 Å². The molecule has 1 rings (SSSR count). The molecule has 0 unspecified atom stereocenters. The van der Waals surface area contributed by atoms with Gasteiger partial charge in [-0.2, -0.15) is 0 Å². The summed E-state index contributed by atoms with van der Waals surface area (Å²) in [6.45, 7) is 3.52. The van der Waals surface area contributed by atoms with Gasteiger partial charge in [0.15, 0.2) is 0 Å². The summed E-state index contributed by atoms with van der Waals surface area (Å²) in [4.78, 5) is 21.7. The minimum Gasteiger partial charge on any atom is -0.445 e. The van der Waals surface area contributed by atoms with Crippen LogP contribution in [-0.2, 0) is 4.74 Å². The highest BCUT2D eigenvalue weighted by molar-refractivity contribution is 5.85. The number of nitrogens with one attached hydrogen (secondary N) is 1. The number of rotatable bonds is 4. The van der Waals surface area contributed by atoms with Crippen molar-refractivity contribution in [2.75, 3.05) is 11.9 Å². The largest absolute Gasteiger partial charge is 0.445 e. The van der Waals surface area contributed by atoms with Gasteiger partial charge in [-0.3, -0.25) is 5.32 Å². The average Bonchev–Trinajstić information content (AvgIpc) is 2.26. The molecule has 90 valence electrons. The van der Waals surface area contributed by atoms with Gasteiger partial charge in [0.05, 0.1) is 0 Å². The number of benzene rings is 1. The second kappa shape index (κ2) is 6.16. The lowest BCUT2D eigenvalue weighted by atomic mass is 10.3. The van der Waals surface area contributed by atoms with Crippen LogP contribution in [0.15, 0.2) is 36.9 Å². The van der Waals surface area contributed by atoms with Crippen molar-refractivity contribution in [3.8, 4) is 5.75 Å². The third kappa shape index (κ3) is 4.70. The van der Waals surface area contributed by atoms with E-state index in [0.717, 1.165) is 0 Å². The van der Waals surface area contributed by atoms with E-state index >= 15 is 0 Å². The van der Waals surface area contributed by atoms with Gasteiger partial charge in [0, 0.05) is 11.8 Å². The first-order chi connectivity index (χ1) is 8.11. The van der Waals surface area contributed by atoms with Crippen LogP contribution in [0.1, 0.15) is 0 Å². The maximum atomic E-state index is 11.2. The van der Waals surface area contributed by atoms with Crippen LogP contribution in [-0.4, -0.2) is 18.8 Å². The van der Waals surface area contributed by atoms with E-state index in [1.807, 2.05) is 0 Å². The van der Waals surface area contributed by atoms with Crippen molar-refractivity contribution in [3.05, 3.63) is 36.9 Å². The summed E-state index contributed by atoms with van der Waals surface area (Å²) in [5, 5.41) is 2.45. The molecule has 0 saturated heterocycles. The van der Waals surface area contributed by atoms with Crippen molar-refractivity contribution in [3.63, 3.8) is 0 Å². The lowest BCUT2D eigenvalue weighted by Gasteiger charge is -2.06. The van der Waals surface area contributed by atoms with Crippen LogP contribution >= 0.6 is 0 Å². The van der Waals surface area contributed by atoms with Crippen molar-refractivity contribution in [2.45, 2.75) is 0 Å². The third-order valence-corrected chi connectivity index (χ3v) is 1.63. The Hall–Kier alpha value is -2.50.